The van der Waals surface area contributed by atoms with Gasteiger partial charge in [-0.25, -0.2) is 8.78 Å². The predicted molar refractivity (Wildman–Crippen MR) is 107 cm³/mol. The third kappa shape index (κ3) is 3.81. The van der Waals surface area contributed by atoms with E-state index in [4.69, 9.17) is 0 Å². The van der Waals surface area contributed by atoms with Crippen LogP contribution in [0.25, 0.3) is 0 Å². The number of nitrogens with zero attached hydrogens (tertiary/aromatic N) is 1. The number of rotatable bonds is 6. The molecule has 0 N–H and O–H groups in total. The third-order valence-corrected chi connectivity index (χ3v) is 5.31. The first-order valence-electron chi connectivity index (χ1n) is 9.47. The highest BCUT2D eigenvalue weighted by molar-refractivity contribution is 6.04. The number of β-lactam (4-membered cyclic amide) rings is 1. The minimum atomic E-state index is -0.394. The molecule has 2 atom stereocenters. The number of carbonyl (C=O) groups excluding carboxylic acids is 2. The standard InChI is InChI=1S/C24H19F2NO2/c25-18-8-6-16(7-9-18)22(28)15-14-21-23(17-4-2-1-3-5-17)27(24(21)29)20-12-10-19(26)11-13-20/h1-13,21,23H,14-15H2/t21-,23-/m1/s1. The molecule has 0 aromatic heterocycles. The molecule has 5 heteroatoms. The first kappa shape index (κ1) is 19.0. The summed E-state index contributed by atoms with van der Waals surface area (Å²) in [7, 11) is 0. The summed E-state index contributed by atoms with van der Waals surface area (Å²) in [5, 5.41) is 0. The zero-order valence-corrected chi connectivity index (χ0v) is 15.6. The fourth-order valence-corrected chi connectivity index (χ4v) is 3.82. The minimum Gasteiger partial charge on any atom is -0.304 e. The van der Waals surface area contributed by atoms with Crippen LogP contribution in [0.1, 0.15) is 34.8 Å². The molecule has 0 unspecified atom stereocenters. The Hall–Kier alpha value is -3.34. The zero-order chi connectivity index (χ0) is 20.4. The molecule has 0 spiro atoms. The maximum atomic E-state index is 13.3. The number of ketones is 1. The van der Waals surface area contributed by atoms with Crippen molar-refractivity contribution >= 4 is 17.4 Å². The minimum absolute atomic E-state index is 0.0858. The molecule has 1 aliphatic heterocycles. The predicted octanol–water partition coefficient (Wildman–Crippen LogP) is 5.33. The number of amides is 1. The van der Waals surface area contributed by atoms with E-state index in [0.29, 0.717) is 17.7 Å². The molecule has 1 amide bonds. The Kier molecular flexibility index (Phi) is 5.21. The van der Waals surface area contributed by atoms with Gasteiger partial charge in [0.25, 0.3) is 0 Å². The second-order valence-electron chi connectivity index (χ2n) is 7.12. The van der Waals surface area contributed by atoms with Crippen LogP contribution in [0.2, 0.25) is 0 Å². The highest BCUT2D eigenvalue weighted by Gasteiger charge is 2.48. The molecule has 1 aliphatic rings. The van der Waals surface area contributed by atoms with E-state index in [2.05, 4.69) is 0 Å². The van der Waals surface area contributed by atoms with Gasteiger partial charge >= 0.3 is 0 Å². The maximum absolute atomic E-state index is 13.3. The summed E-state index contributed by atoms with van der Waals surface area (Å²) in [6, 6.07) is 20.6. The Labute approximate surface area is 167 Å². The summed E-state index contributed by atoms with van der Waals surface area (Å²) in [4.78, 5) is 27.0. The monoisotopic (exact) mass is 391 g/mol. The van der Waals surface area contributed by atoms with Crippen molar-refractivity contribution in [3.63, 3.8) is 0 Å². The number of halogens is 2. The smallest absolute Gasteiger partial charge is 0.233 e. The fourth-order valence-electron chi connectivity index (χ4n) is 3.82. The van der Waals surface area contributed by atoms with E-state index in [0.717, 1.165) is 5.56 Å². The largest absolute Gasteiger partial charge is 0.304 e. The molecule has 4 rings (SSSR count). The lowest BCUT2D eigenvalue weighted by Crippen LogP contribution is -2.55. The average molecular weight is 391 g/mol. The zero-order valence-electron chi connectivity index (χ0n) is 15.6. The molecule has 3 aromatic carbocycles. The van der Waals surface area contributed by atoms with Crippen LogP contribution in [0, 0.1) is 17.6 Å². The van der Waals surface area contributed by atoms with Crippen molar-refractivity contribution in [2.24, 2.45) is 5.92 Å². The van der Waals surface area contributed by atoms with Gasteiger partial charge in [0.1, 0.15) is 11.6 Å². The van der Waals surface area contributed by atoms with Crippen LogP contribution in [0.3, 0.4) is 0 Å². The Morgan fingerprint density at radius 2 is 1.41 bits per heavy atom. The molecule has 1 saturated heterocycles. The summed E-state index contributed by atoms with van der Waals surface area (Å²) < 4.78 is 26.4. The Morgan fingerprint density at radius 1 is 0.828 bits per heavy atom. The Bertz CT molecular complexity index is 1020. The van der Waals surface area contributed by atoms with Gasteiger partial charge in [-0.1, -0.05) is 30.3 Å². The van der Waals surface area contributed by atoms with Crippen molar-refractivity contribution < 1.29 is 18.4 Å². The van der Waals surface area contributed by atoms with Crippen molar-refractivity contribution in [2.45, 2.75) is 18.9 Å². The van der Waals surface area contributed by atoms with E-state index in [9.17, 15) is 18.4 Å². The fraction of sp³-hybridized carbons (Fsp3) is 0.167. The first-order chi connectivity index (χ1) is 14.0. The molecule has 3 aromatic rings. The first-order valence-corrected chi connectivity index (χ1v) is 9.47. The van der Waals surface area contributed by atoms with Crippen LogP contribution in [-0.2, 0) is 4.79 Å². The van der Waals surface area contributed by atoms with Crippen LogP contribution < -0.4 is 4.90 Å². The Balaban J connectivity index is 1.54. The summed E-state index contributed by atoms with van der Waals surface area (Å²) in [6.45, 7) is 0. The number of hydrogen-bond acceptors (Lipinski definition) is 2. The number of hydrogen-bond donors (Lipinski definition) is 0. The molecule has 1 heterocycles. The van der Waals surface area contributed by atoms with E-state index in [1.807, 2.05) is 30.3 Å². The van der Waals surface area contributed by atoms with Crippen molar-refractivity contribution in [2.75, 3.05) is 4.90 Å². The van der Waals surface area contributed by atoms with E-state index < -0.39 is 5.82 Å². The summed E-state index contributed by atoms with van der Waals surface area (Å²) in [6.07, 6.45) is 0.592. The van der Waals surface area contributed by atoms with Gasteiger partial charge in [-0.15, -0.1) is 0 Å². The second kappa shape index (κ2) is 7.95. The summed E-state index contributed by atoms with van der Waals surface area (Å²) >= 11 is 0. The highest BCUT2D eigenvalue weighted by atomic mass is 19.1. The van der Waals surface area contributed by atoms with Crippen molar-refractivity contribution in [3.8, 4) is 0 Å². The lowest BCUT2D eigenvalue weighted by molar-refractivity contribution is -0.130. The van der Waals surface area contributed by atoms with E-state index in [-0.39, 0.29) is 35.9 Å². The third-order valence-electron chi connectivity index (χ3n) is 5.31. The topological polar surface area (TPSA) is 37.4 Å². The van der Waals surface area contributed by atoms with Crippen LogP contribution in [0.15, 0.2) is 78.9 Å². The van der Waals surface area contributed by atoms with E-state index in [1.54, 1.807) is 17.0 Å². The molecular weight excluding hydrogens is 372 g/mol. The van der Waals surface area contributed by atoms with Gasteiger partial charge in [-0.3, -0.25) is 9.59 Å². The molecule has 0 aliphatic carbocycles. The number of carbonyl (C=O) groups is 2. The average Bonchev–Trinajstić information content (AvgIpc) is 2.74. The van der Waals surface area contributed by atoms with Gasteiger partial charge in [0.05, 0.1) is 12.0 Å². The van der Waals surface area contributed by atoms with Gasteiger partial charge in [-0.2, -0.15) is 0 Å². The lowest BCUT2D eigenvalue weighted by Gasteiger charge is -2.47. The molecule has 0 radical (unpaired) electrons. The number of benzene rings is 3. The molecule has 0 bridgehead atoms. The summed E-state index contributed by atoms with van der Waals surface area (Å²) in [5.41, 5.74) is 2.03. The second-order valence-corrected chi connectivity index (χ2v) is 7.12. The van der Waals surface area contributed by atoms with Gasteiger partial charge in [0.15, 0.2) is 5.78 Å². The van der Waals surface area contributed by atoms with Gasteiger partial charge in [0.2, 0.25) is 5.91 Å². The van der Waals surface area contributed by atoms with Gasteiger partial charge in [0, 0.05) is 17.7 Å². The lowest BCUT2D eigenvalue weighted by atomic mass is 9.78. The van der Waals surface area contributed by atoms with Crippen molar-refractivity contribution in [3.05, 3.63) is 102 Å². The van der Waals surface area contributed by atoms with E-state index >= 15 is 0 Å². The molecule has 3 nitrogen and oxygen atoms in total. The molecule has 0 saturated carbocycles. The normalized spacial score (nSPS) is 18.4. The van der Waals surface area contributed by atoms with Crippen LogP contribution >= 0.6 is 0 Å². The molecule has 146 valence electrons. The van der Waals surface area contributed by atoms with Crippen molar-refractivity contribution in [1.82, 2.24) is 0 Å². The highest BCUT2D eigenvalue weighted by Crippen LogP contribution is 2.45. The SMILES string of the molecule is O=C(CC[C@H]1C(=O)N(c2ccc(F)cc2)[C@@H]1c1ccccc1)c1ccc(F)cc1. The number of Topliss-reactive ketones (excluding diaryl/α,β-unsaturated/α-hetero) is 1. The molecule has 29 heavy (non-hydrogen) atoms. The number of anilines is 1. The molecule has 1 fully saturated rings. The maximum Gasteiger partial charge on any atom is 0.233 e. The Morgan fingerprint density at radius 3 is 2.03 bits per heavy atom. The van der Waals surface area contributed by atoms with Gasteiger partial charge in [-0.05, 0) is 60.5 Å². The van der Waals surface area contributed by atoms with Crippen LogP contribution in [-0.4, -0.2) is 11.7 Å². The molecular formula is C24H19F2NO2. The van der Waals surface area contributed by atoms with Gasteiger partial charge < -0.3 is 4.90 Å². The van der Waals surface area contributed by atoms with Crippen LogP contribution in [0.4, 0.5) is 14.5 Å². The van der Waals surface area contributed by atoms with E-state index in [1.165, 1.54) is 36.4 Å². The summed E-state index contributed by atoms with van der Waals surface area (Å²) in [5.74, 6) is -1.30. The van der Waals surface area contributed by atoms with Crippen molar-refractivity contribution in [1.29, 1.82) is 0 Å². The van der Waals surface area contributed by atoms with Crippen LogP contribution in [0.5, 0.6) is 0 Å². The quantitative estimate of drug-likeness (QED) is 0.421.